The fraction of sp³-hybridized carbons (Fsp3) is 0.695. The van der Waals surface area contributed by atoms with Gasteiger partial charge in [-0.1, -0.05) is 208 Å². The van der Waals surface area contributed by atoms with E-state index in [0.29, 0.717) is 19.4 Å². The van der Waals surface area contributed by atoms with Gasteiger partial charge in [-0.2, -0.15) is 0 Å². The highest BCUT2D eigenvalue weighted by molar-refractivity contribution is 5.70. The highest BCUT2D eigenvalue weighted by atomic mass is 16.6. The van der Waals surface area contributed by atoms with Crippen molar-refractivity contribution < 1.29 is 23.8 Å². The predicted octanol–water partition coefficient (Wildman–Crippen LogP) is 18.2. The third-order valence-corrected chi connectivity index (χ3v) is 11.1. The number of hydrogen-bond acceptors (Lipinski definition) is 5. The minimum absolute atomic E-state index is 0.0598. The third kappa shape index (κ3) is 51.5. The lowest BCUT2D eigenvalue weighted by molar-refractivity contribution is -0.163. The highest BCUT2D eigenvalue weighted by Crippen LogP contribution is 2.14. The van der Waals surface area contributed by atoms with Crippen molar-refractivity contribution >= 4 is 11.9 Å². The second-order valence-electron chi connectivity index (χ2n) is 17.4. The van der Waals surface area contributed by atoms with Gasteiger partial charge in [0.2, 0.25) is 0 Å². The monoisotopic (exact) mass is 889 g/mol. The summed E-state index contributed by atoms with van der Waals surface area (Å²) < 4.78 is 17.4. The van der Waals surface area contributed by atoms with Crippen LogP contribution >= 0.6 is 0 Å². The number of carbonyl (C=O) groups is 2. The number of hydrogen-bond donors (Lipinski definition) is 0. The van der Waals surface area contributed by atoms with Crippen LogP contribution in [0.2, 0.25) is 0 Å². The van der Waals surface area contributed by atoms with Gasteiger partial charge in [0.15, 0.2) is 6.10 Å². The lowest BCUT2D eigenvalue weighted by Crippen LogP contribution is -2.30. The molecule has 366 valence electrons. The zero-order valence-corrected chi connectivity index (χ0v) is 42.0. The van der Waals surface area contributed by atoms with E-state index in [2.05, 4.69) is 118 Å². The zero-order valence-electron chi connectivity index (χ0n) is 42.0. The lowest BCUT2D eigenvalue weighted by Gasteiger charge is -2.18. The van der Waals surface area contributed by atoms with E-state index in [9.17, 15) is 9.59 Å². The largest absolute Gasteiger partial charge is 0.462 e. The maximum absolute atomic E-state index is 12.8. The summed E-state index contributed by atoms with van der Waals surface area (Å²) in [5.74, 6) is -0.438. The number of carbonyl (C=O) groups excluding carboxylic acids is 2. The average molecular weight is 889 g/mol. The van der Waals surface area contributed by atoms with Gasteiger partial charge in [-0.05, 0) is 116 Å². The van der Waals surface area contributed by atoms with Crippen LogP contribution in [-0.4, -0.2) is 37.9 Å². The Labute approximate surface area is 396 Å². The molecule has 0 saturated heterocycles. The molecule has 0 aliphatic carbocycles. The molecule has 0 N–H and O–H groups in total. The summed E-state index contributed by atoms with van der Waals surface area (Å²) in [6, 6.07) is 0. The molecule has 0 fully saturated rings. The molecule has 0 amide bonds. The Morgan fingerprint density at radius 3 is 1.19 bits per heavy atom. The molecule has 0 saturated carbocycles. The maximum atomic E-state index is 12.8. The molecular formula is C59H100O5. The van der Waals surface area contributed by atoms with E-state index in [1.54, 1.807) is 0 Å². The molecule has 0 radical (unpaired) electrons. The highest BCUT2D eigenvalue weighted by Gasteiger charge is 2.17. The molecule has 0 aliphatic heterocycles. The molecule has 5 heteroatoms. The van der Waals surface area contributed by atoms with E-state index in [-0.39, 0.29) is 25.2 Å². The molecule has 0 bridgehead atoms. The molecule has 1 atom stereocenters. The maximum Gasteiger partial charge on any atom is 0.306 e. The van der Waals surface area contributed by atoms with Crippen LogP contribution < -0.4 is 0 Å². The number of allylic oxidation sites excluding steroid dienone is 16. The van der Waals surface area contributed by atoms with Gasteiger partial charge in [0.25, 0.3) is 0 Å². The SMILES string of the molecule is CC/C=C\C/C=C\C/C=C\C/C=C\CCCCCOCC(COC(=O)CCCCCCCCCCC/C=C\C/C=C\CCCCC)OC(=O)CCCCCCC/C=C\C/C=C\CCC. The number of unbranched alkanes of at least 4 members (excludes halogenated alkanes) is 21. The molecule has 0 spiro atoms. The van der Waals surface area contributed by atoms with Crippen LogP contribution in [0, 0.1) is 0 Å². The third-order valence-electron chi connectivity index (χ3n) is 11.1. The average Bonchev–Trinajstić information content (AvgIpc) is 3.30. The summed E-state index contributed by atoms with van der Waals surface area (Å²) in [5.41, 5.74) is 0. The Bertz CT molecular complexity index is 1230. The van der Waals surface area contributed by atoms with Crippen molar-refractivity contribution in [3.63, 3.8) is 0 Å². The van der Waals surface area contributed by atoms with Crippen LogP contribution in [0.25, 0.3) is 0 Å². The van der Waals surface area contributed by atoms with Gasteiger partial charge in [0.05, 0.1) is 6.61 Å². The second kappa shape index (κ2) is 54.2. The van der Waals surface area contributed by atoms with Gasteiger partial charge in [0.1, 0.15) is 6.61 Å². The van der Waals surface area contributed by atoms with Gasteiger partial charge in [-0.15, -0.1) is 0 Å². The minimum atomic E-state index is -0.567. The van der Waals surface area contributed by atoms with Crippen LogP contribution in [0.5, 0.6) is 0 Å². The van der Waals surface area contributed by atoms with Gasteiger partial charge in [0, 0.05) is 19.4 Å². The molecule has 0 aromatic heterocycles. The van der Waals surface area contributed by atoms with Crippen molar-refractivity contribution in [1.82, 2.24) is 0 Å². The van der Waals surface area contributed by atoms with Crippen molar-refractivity contribution in [2.75, 3.05) is 19.8 Å². The quantitative estimate of drug-likeness (QED) is 0.0346. The first kappa shape index (κ1) is 60.8. The second-order valence-corrected chi connectivity index (χ2v) is 17.4. The Kier molecular flexibility index (Phi) is 51.5. The summed E-state index contributed by atoms with van der Waals surface area (Å²) in [7, 11) is 0. The fourth-order valence-corrected chi connectivity index (χ4v) is 7.10. The van der Waals surface area contributed by atoms with Crippen molar-refractivity contribution in [3.8, 4) is 0 Å². The van der Waals surface area contributed by atoms with Gasteiger partial charge in [-0.25, -0.2) is 0 Å². The molecule has 0 rings (SSSR count). The first-order chi connectivity index (χ1) is 31.6. The van der Waals surface area contributed by atoms with Crippen molar-refractivity contribution in [1.29, 1.82) is 0 Å². The van der Waals surface area contributed by atoms with Gasteiger partial charge in [-0.3, -0.25) is 9.59 Å². The lowest BCUT2D eigenvalue weighted by atomic mass is 10.1. The Morgan fingerprint density at radius 1 is 0.359 bits per heavy atom. The van der Waals surface area contributed by atoms with Gasteiger partial charge < -0.3 is 14.2 Å². The minimum Gasteiger partial charge on any atom is -0.462 e. The number of esters is 2. The van der Waals surface area contributed by atoms with E-state index in [1.165, 1.54) is 89.9 Å². The fourth-order valence-electron chi connectivity index (χ4n) is 7.10. The van der Waals surface area contributed by atoms with Crippen LogP contribution in [0.15, 0.2) is 97.2 Å². The topological polar surface area (TPSA) is 61.8 Å². The summed E-state index contributed by atoms with van der Waals surface area (Å²) in [6.45, 7) is 7.54. The van der Waals surface area contributed by atoms with E-state index in [4.69, 9.17) is 14.2 Å². The molecular weight excluding hydrogens is 789 g/mol. The Morgan fingerprint density at radius 2 is 0.734 bits per heavy atom. The first-order valence-corrected chi connectivity index (χ1v) is 26.8. The van der Waals surface area contributed by atoms with Crippen molar-refractivity contribution in [2.45, 2.75) is 245 Å². The molecule has 0 aromatic rings. The van der Waals surface area contributed by atoms with Crippen molar-refractivity contribution in [3.05, 3.63) is 97.2 Å². The zero-order chi connectivity index (χ0) is 46.3. The van der Waals surface area contributed by atoms with E-state index < -0.39 is 6.10 Å². The Balaban J connectivity index is 4.33. The van der Waals surface area contributed by atoms with E-state index in [0.717, 1.165) is 116 Å². The molecule has 0 heterocycles. The predicted molar refractivity (Wildman–Crippen MR) is 279 cm³/mol. The standard InChI is InChI=1S/C59H100O5/c1-4-7-10-13-16-19-22-25-27-29-30-31-32-35-37-40-43-46-49-52-58(60)63-56-57(64-59(61)53-50-47-44-41-38-34-24-21-18-15-12-9-6-3)55-62-54-51-48-45-42-39-36-33-28-26-23-20-17-14-11-8-5-2/h8,11-12,15-17,19-21,24-28,36,39,57H,4-7,9-10,13-14,18,22-23,29-35,37-38,40-56H2,1-3H3/b11-8-,15-12-,19-16-,20-17-,24-21-,27-25-,28-26-,39-36-. The molecule has 64 heavy (non-hydrogen) atoms. The smallest absolute Gasteiger partial charge is 0.306 e. The number of ether oxygens (including phenoxy) is 3. The summed E-state index contributed by atoms with van der Waals surface area (Å²) in [5, 5.41) is 0. The summed E-state index contributed by atoms with van der Waals surface area (Å²) in [4.78, 5) is 25.4. The Hall–Kier alpha value is -3.18. The van der Waals surface area contributed by atoms with E-state index >= 15 is 0 Å². The molecule has 1 unspecified atom stereocenters. The van der Waals surface area contributed by atoms with Crippen LogP contribution in [-0.2, 0) is 23.8 Å². The number of rotatable bonds is 48. The van der Waals surface area contributed by atoms with Crippen molar-refractivity contribution in [2.24, 2.45) is 0 Å². The van der Waals surface area contributed by atoms with Crippen LogP contribution in [0.3, 0.4) is 0 Å². The van der Waals surface area contributed by atoms with Crippen LogP contribution in [0.1, 0.15) is 239 Å². The summed E-state index contributed by atoms with van der Waals surface area (Å²) >= 11 is 0. The molecule has 0 aliphatic rings. The molecule has 5 nitrogen and oxygen atoms in total. The van der Waals surface area contributed by atoms with Crippen LogP contribution in [0.4, 0.5) is 0 Å². The first-order valence-electron chi connectivity index (χ1n) is 26.8. The normalized spacial score (nSPS) is 13.0. The van der Waals surface area contributed by atoms with Gasteiger partial charge >= 0.3 is 11.9 Å². The van der Waals surface area contributed by atoms with E-state index in [1.807, 2.05) is 0 Å². The molecule has 0 aromatic carbocycles. The summed E-state index contributed by atoms with van der Waals surface area (Å²) in [6.07, 6.45) is 72.8.